The summed E-state index contributed by atoms with van der Waals surface area (Å²) in [6, 6.07) is 15.9. The Labute approximate surface area is 139 Å². The highest BCUT2D eigenvalue weighted by Crippen LogP contribution is 2.20. The number of carbonyl (C=O) groups excluding carboxylic acids is 2. The van der Waals surface area contributed by atoms with Gasteiger partial charge in [0.2, 0.25) is 5.91 Å². The summed E-state index contributed by atoms with van der Waals surface area (Å²) in [5, 5.41) is 7.54. The fraction of sp³-hybridized carbons (Fsp3) is 0.105. The van der Waals surface area contributed by atoms with E-state index in [1.807, 2.05) is 54.6 Å². The molecule has 0 spiro atoms. The normalized spacial score (nSPS) is 11.7. The van der Waals surface area contributed by atoms with Crippen LogP contribution in [0.5, 0.6) is 0 Å². The molecule has 120 valence electrons. The van der Waals surface area contributed by atoms with Gasteiger partial charge in [0, 0.05) is 30.4 Å². The first-order valence-corrected chi connectivity index (χ1v) is 7.60. The second-order valence-electron chi connectivity index (χ2n) is 5.47. The van der Waals surface area contributed by atoms with Gasteiger partial charge in [-0.25, -0.2) is 0 Å². The molecular weight excluding hydrogens is 302 g/mol. The molecule has 24 heavy (non-hydrogen) atoms. The van der Waals surface area contributed by atoms with E-state index >= 15 is 0 Å². The van der Waals surface area contributed by atoms with Gasteiger partial charge in [0.1, 0.15) is 6.04 Å². The van der Waals surface area contributed by atoms with Crippen molar-refractivity contribution in [2.45, 2.75) is 13.0 Å². The molecule has 1 heterocycles. The third kappa shape index (κ3) is 3.57. The first-order valence-electron chi connectivity index (χ1n) is 7.60. The maximum Gasteiger partial charge on any atom is 0.251 e. The standard InChI is InChI=1S/C19H17N3O2/c1-13(23)21-18(14-5-3-2-4-6-14)19(24)22-17-8-7-16-12-20-10-9-15(16)11-17/h2-12,18H,1H3,(H,21,23)(H,22,24)/t18-/m1/s1. The van der Waals surface area contributed by atoms with Crippen LogP contribution < -0.4 is 10.6 Å². The molecule has 2 amide bonds. The van der Waals surface area contributed by atoms with Crippen LogP contribution in [0, 0.1) is 0 Å². The highest BCUT2D eigenvalue weighted by atomic mass is 16.2. The predicted octanol–water partition coefficient (Wildman–Crippen LogP) is 3.05. The lowest BCUT2D eigenvalue weighted by molar-refractivity contribution is -0.125. The quantitative estimate of drug-likeness (QED) is 0.776. The van der Waals surface area contributed by atoms with Gasteiger partial charge in [-0.1, -0.05) is 36.4 Å². The third-order valence-corrected chi connectivity index (χ3v) is 3.65. The Bertz CT molecular complexity index is 878. The van der Waals surface area contributed by atoms with Crippen molar-refractivity contribution >= 4 is 28.3 Å². The highest BCUT2D eigenvalue weighted by molar-refractivity contribution is 5.99. The minimum atomic E-state index is -0.739. The zero-order chi connectivity index (χ0) is 16.9. The van der Waals surface area contributed by atoms with Crippen LogP contribution in [-0.2, 0) is 9.59 Å². The summed E-state index contributed by atoms with van der Waals surface area (Å²) in [6.07, 6.45) is 3.48. The van der Waals surface area contributed by atoms with Crippen LogP contribution in [0.15, 0.2) is 67.0 Å². The van der Waals surface area contributed by atoms with Crippen LogP contribution in [-0.4, -0.2) is 16.8 Å². The number of anilines is 1. The van der Waals surface area contributed by atoms with E-state index in [0.717, 1.165) is 16.3 Å². The monoisotopic (exact) mass is 319 g/mol. The maximum atomic E-state index is 12.6. The fourth-order valence-electron chi connectivity index (χ4n) is 2.52. The summed E-state index contributed by atoms with van der Waals surface area (Å²) < 4.78 is 0. The molecule has 0 saturated carbocycles. The summed E-state index contributed by atoms with van der Waals surface area (Å²) in [5.74, 6) is -0.548. The first-order chi connectivity index (χ1) is 11.6. The molecule has 0 unspecified atom stereocenters. The molecule has 5 heteroatoms. The van der Waals surface area contributed by atoms with E-state index in [0.29, 0.717) is 5.69 Å². The lowest BCUT2D eigenvalue weighted by Gasteiger charge is -2.18. The Balaban J connectivity index is 1.85. The van der Waals surface area contributed by atoms with Gasteiger partial charge in [-0.2, -0.15) is 0 Å². The first kappa shape index (κ1) is 15.7. The second kappa shape index (κ2) is 6.91. The van der Waals surface area contributed by atoms with Crippen LogP contribution in [0.2, 0.25) is 0 Å². The van der Waals surface area contributed by atoms with E-state index in [1.54, 1.807) is 12.4 Å². The molecule has 3 rings (SSSR count). The summed E-state index contributed by atoms with van der Waals surface area (Å²) in [6.45, 7) is 1.40. The molecule has 0 saturated heterocycles. The second-order valence-corrected chi connectivity index (χ2v) is 5.47. The minimum Gasteiger partial charge on any atom is -0.341 e. The molecule has 0 bridgehead atoms. The molecule has 2 N–H and O–H groups in total. The zero-order valence-corrected chi connectivity index (χ0v) is 13.2. The van der Waals surface area contributed by atoms with Crippen LogP contribution >= 0.6 is 0 Å². The zero-order valence-electron chi connectivity index (χ0n) is 13.2. The molecular formula is C19H17N3O2. The number of hydrogen-bond donors (Lipinski definition) is 2. The maximum absolute atomic E-state index is 12.6. The van der Waals surface area contributed by atoms with Gasteiger partial charge in [0.25, 0.3) is 5.91 Å². The Morgan fingerprint density at radius 2 is 1.79 bits per heavy atom. The number of nitrogens with one attached hydrogen (secondary N) is 2. The fourth-order valence-corrected chi connectivity index (χ4v) is 2.52. The lowest BCUT2D eigenvalue weighted by atomic mass is 10.1. The Kier molecular flexibility index (Phi) is 4.52. The van der Waals surface area contributed by atoms with Crippen molar-refractivity contribution in [2.24, 2.45) is 0 Å². The van der Waals surface area contributed by atoms with Crippen LogP contribution in [0.25, 0.3) is 10.8 Å². The number of amides is 2. The molecule has 0 radical (unpaired) electrons. The lowest BCUT2D eigenvalue weighted by Crippen LogP contribution is -2.35. The van der Waals surface area contributed by atoms with Gasteiger partial charge in [-0.3, -0.25) is 14.6 Å². The molecule has 0 aliphatic rings. The van der Waals surface area contributed by atoms with Crippen molar-refractivity contribution in [2.75, 3.05) is 5.32 Å². The molecule has 1 aromatic heterocycles. The van der Waals surface area contributed by atoms with E-state index in [1.165, 1.54) is 6.92 Å². The predicted molar refractivity (Wildman–Crippen MR) is 93.4 cm³/mol. The summed E-state index contributed by atoms with van der Waals surface area (Å²) in [5.41, 5.74) is 1.40. The van der Waals surface area contributed by atoms with Crippen molar-refractivity contribution in [3.8, 4) is 0 Å². The van der Waals surface area contributed by atoms with E-state index in [4.69, 9.17) is 0 Å². The molecule has 0 fully saturated rings. The summed E-state index contributed by atoms with van der Waals surface area (Å²) >= 11 is 0. The summed E-state index contributed by atoms with van der Waals surface area (Å²) in [4.78, 5) is 28.2. The van der Waals surface area contributed by atoms with Gasteiger partial charge < -0.3 is 10.6 Å². The molecule has 3 aromatic rings. The molecule has 1 atom stereocenters. The number of hydrogen-bond acceptors (Lipinski definition) is 3. The number of benzene rings is 2. The molecule has 2 aromatic carbocycles. The van der Waals surface area contributed by atoms with Crippen molar-refractivity contribution < 1.29 is 9.59 Å². The highest BCUT2D eigenvalue weighted by Gasteiger charge is 2.21. The van der Waals surface area contributed by atoms with Crippen LogP contribution in [0.3, 0.4) is 0 Å². The van der Waals surface area contributed by atoms with E-state index in [-0.39, 0.29) is 11.8 Å². The number of fused-ring (bicyclic) bond motifs is 1. The number of rotatable bonds is 4. The van der Waals surface area contributed by atoms with E-state index in [2.05, 4.69) is 15.6 Å². The van der Waals surface area contributed by atoms with Gasteiger partial charge in [0.05, 0.1) is 0 Å². The number of carbonyl (C=O) groups is 2. The van der Waals surface area contributed by atoms with E-state index < -0.39 is 6.04 Å². The SMILES string of the molecule is CC(=O)N[C@@H](C(=O)Nc1ccc2cnccc2c1)c1ccccc1. The smallest absolute Gasteiger partial charge is 0.251 e. The number of pyridine rings is 1. The Morgan fingerprint density at radius 1 is 1.00 bits per heavy atom. The summed E-state index contributed by atoms with van der Waals surface area (Å²) in [7, 11) is 0. The third-order valence-electron chi connectivity index (χ3n) is 3.65. The van der Waals surface area contributed by atoms with Crippen molar-refractivity contribution in [1.29, 1.82) is 0 Å². The van der Waals surface area contributed by atoms with Crippen LogP contribution in [0.4, 0.5) is 5.69 Å². The molecule has 5 nitrogen and oxygen atoms in total. The van der Waals surface area contributed by atoms with Gasteiger partial charge in [-0.15, -0.1) is 0 Å². The van der Waals surface area contributed by atoms with Crippen molar-refractivity contribution in [3.63, 3.8) is 0 Å². The molecule has 0 aliphatic heterocycles. The molecule has 0 aliphatic carbocycles. The Morgan fingerprint density at radius 3 is 2.54 bits per heavy atom. The largest absolute Gasteiger partial charge is 0.341 e. The average molecular weight is 319 g/mol. The topological polar surface area (TPSA) is 71.1 Å². The average Bonchev–Trinajstić information content (AvgIpc) is 2.60. The number of nitrogens with zero attached hydrogens (tertiary/aromatic N) is 1. The van der Waals surface area contributed by atoms with Gasteiger partial charge in [-0.05, 0) is 29.1 Å². The van der Waals surface area contributed by atoms with Crippen molar-refractivity contribution in [3.05, 3.63) is 72.6 Å². The van der Waals surface area contributed by atoms with Gasteiger partial charge in [0.15, 0.2) is 0 Å². The van der Waals surface area contributed by atoms with Gasteiger partial charge >= 0.3 is 0 Å². The van der Waals surface area contributed by atoms with E-state index in [9.17, 15) is 9.59 Å². The minimum absolute atomic E-state index is 0.261. The van der Waals surface area contributed by atoms with Crippen LogP contribution in [0.1, 0.15) is 18.5 Å². The Hall–Kier alpha value is -3.21. The van der Waals surface area contributed by atoms with Crippen molar-refractivity contribution in [1.82, 2.24) is 10.3 Å². The number of aromatic nitrogens is 1.